The number of ether oxygens (including phenoxy) is 1. The molecule has 0 spiro atoms. The van der Waals surface area contributed by atoms with E-state index in [0.29, 0.717) is 12.1 Å². The van der Waals surface area contributed by atoms with E-state index in [1.54, 1.807) is 0 Å². The van der Waals surface area contributed by atoms with Gasteiger partial charge in [-0.15, -0.1) is 0 Å². The van der Waals surface area contributed by atoms with Gasteiger partial charge in [0.05, 0.1) is 17.3 Å². The average Bonchev–Trinajstić information content (AvgIpc) is 3.06. The number of benzene rings is 1. The van der Waals surface area contributed by atoms with Crippen molar-refractivity contribution in [1.82, 2.24) is 15.1 Å². The van der Waals surface area contributed by atoms with E-state index in [-0.39, 0.29) is 0 Å². The van der Waals surface area contributed by atoms with E-state index in [2.05, 4.69) is 34.7 Å². The molecule has 0 saturated carbocycles. The summed E-state index contributed by atoms with van der Waals surface area (Å²) in [4.78, 5) is 0. The number of hydrogen-bond donors (Lipinski definition) is 1. The Morgan fingerprint density at radius 1 is 1.47 bits per heavy atom. The summed E-state index contributed by atoms with van der Waals surface area (Å²) in [6.07, 6.45) is 3.57. The van der Waals surface area contributed by atoms with Crippen LogP contribution in [0.2, 0.25) is 0 Å². The van der Waals surface area contributed by atoms with Crippen LogP contribution in [-0.4, -0.2) is 35.6 Å². The third-order valence-corrected chi connectivity index (χ3v) is 4.03. The first kappa shape index (κ1) is 12.6. The van der Waals surface area contributed by atoms with Crippen LogP contribution in [0.5, 0.6) is 0 Å². The molecule has 1 saturated heterocycles. The Labute approximate surface area is 113 Å². The van der Waals surface area contributed by atoms with Crippen molar-refractivity contribution in [2.24, 2.45) is 7.05 Å². The Morgan fingerprint density at radius 2 is 2.32 bits per heavy atom. The van der Waals surface area contributed by atoms with E-state index >= 15 is 0 Å². The predicted molar refractivity (Wildman–Crippen MR) is 76.2 cm³/mol. The Balaban J connectivity index is 1.87. The second kappa shape index (κ2) is 5.31. The van der Waals surface area contributed by atoms with Gasteiger partial charge in [0.15, 0.2) is 0 Å². The summed E-state index contributed by atoms with van der Waals surface area (Å²) in [6.45, 7) is 0.895. The van der Waals surface area contributed by atoms with Crippen LogP contribution in [0, 0.1) is 0 Å². The lowest BCUT2D eigenvalue weighted by Gasteiger charge is -2.21. The summed E-state index contributed by atoms with van der Waals surface area (Å²) in [5.74, 6) is 0. The van der Waals surface area contributed by atoms with E-state index in [4.69, 9.17) is 4.74 Å². The van der Waals surface area contributed by atoms with Crippen LogP contribution in [-0.2, 0) is 18.2 Å². The van der Waals surface area contributed by atoms with Crippen LogP contribution in [0.25, 0.3) is 10.9 Å². The first-order chi connectivity index (χ1) is 9.29. The number of rotatable bonds is 4. The smallest absolute Gasteiger partial charge is 0.0732 e. The lowest BCUT2D eigenvalue weighted by molar-refractivity contribution is 0.0806. The maximum atomic E-state index is 5.80. The number of aromatic nitrogens is 2. The van der Waals surface area contributed by atoms with Crippen LogP contribution in [0.1, 0.15) is 18.5 Å². The molecule has 1 aliphatic rings. The Bertz CT molecular complexity index is 558. The molecule has 0 radical (unpaired) electrons. The Hall–Kier alpha value is -1.39. The zero-order valence-corrected chi connectivity index (χ0v) is 11.6. The molecule has 1 aliphatic heterocycles. The number of hydrogen-bond acceptors (Lipinski definition) is 3. The van der Waals surface area contributed by atoms with Gasteiger partial charge in [0.2, 0.25) is 0 Å². The molecule has 102 valence electrons. The van der Waals surface area contributed by atoms with Crippen molar-refractivity contribution in [3.8, 4) is 0 Å². The predicted octanol–water partition coefficient (Wildman–Crippen LogP) is 1.88. The zero-order chi connectivity index (χ0) is 13.2. The van der Waals surface area contributed by atoms with Gasteiger partial charge < -0.3 is 10.1 Å². The van der Waals surface area contributed by atoms with Crippen molar-refractivity contribution >= 4 is 10.9 Å². The minimum Gasteiger partial charge on any atom is -0.377 e. The molecule has 1 fully saturated rings. The molecule has 2 aromatic rings. The number of fused-ring (bicyclic) bond motifs is 1. The molecule has 1 aromatic carbocycles. The monoisotopic (exact) mass is 259 g/mol. The van der Waals surface area contributed by atoms with Crippen LogP contribution in [0.3, 0.4) is 0 Å². The summed E-state index contributed by atoms with van der Waals surface area (Å²) in [5.41, 5.74) is 2.35. The zero-order valence-electron chi connectivity index (χ0n) is 11.6. The number of nitrogens with zero attached hydrogens (tertiary/aromatic N) is 2. The summed E-state index contributed by atoms with van der Waals surface area (Å²) < 4.78 is 7.77. The molecule has 0 amide bonds. The van der Waals surface area contributed by atoms with Gasteiger partial charge in [-0.05, 0) is 26.0 Å². The van der Waals surface area contributed by atoms with E-state index < -0.39 is 0 Å². The summed E-state index contributed by atoms with van der Waals surface area (Å²) in [6, 6.07) is 8.75. The molecule has 2 unspecified atom stereocenters. The minimum atomic E-state index is 0.325. The van der Waals surface area contributed by atoms with Crippen LogP contribution < -0.4 is 5.32 Å². The highest BCUT2D eigenvalue weighted by molar-refractivity contribution is 5.81. The summed E-state index contributed by atoms with van der Waals surface area (Å²) >= 11 is 0. The summed E-state index contributed by atoms with van der Waals surface area (Å²) in [5, 5.41) is 9.32. The molecule has 1 N–H and O–H groups in total. The second-order valence-corrected chi connectivity index (χ2v) is 5.24. The fourth-order valence-electron chi connectivity index (χ4n) is 2.99. The number of aryl methyl sites for hydroxylation is 1. The van der Waals surface area contributed by atoms with Crippen LogP contribution >= 0.6 is 0 Å². The van der Waals surface area contributed by atoms with Crippen LogP contribution in [0.4, 0.5) is 0 Å². The SMILES string of the molecule is CNC(Cc1nn(C)c2ccccc12)C1CCCO1. The topological polar surface area (TPSA) is 39.1 Å². The quantitative estimate of drug-likeness (QED) is 0.911. The highest BCUT2D eigenvalue weighted by Crippen LogP contribution is 2.22. The fourth-order valence-corrected chi connectivity index (χ4v) is 2.99. The second-order valence-electron chi connectivity index (χ2n) is 5.24. The van der Waals surface area contributed by atoms with E-state index in [0.717, 1.165) is 25.1 Å². The maximum absolute atomic E-state index is 5.80. The molecular weight excluding hydrogens is 238 g/mol. The largest absolute Gasteiger partial charge is 0.377 e. The third kappa shape index (κ3) is 2.38. The van der Waals surface area contributed by atoms with Gasteiger partial charge in [0, 0.05) is 31.5 Å². The standard InChI is InChI=1S/C15H21N3O/c1-16-13(15-8-5-9-19-15)10-12-11-6-3-4-7-14(11)18(2)17-12/h3-4,6-7,13,15-16H,5,8-10H2,1-2H3. The third-order valence-electron chi connectivity index (χ3n) is 4.03. The molecule has 2 heterocycles. The molecule has 2 atom stereocenters. The van der Waals surface area contributed by atoms with Gasteiger partial charge in [-0.25, -0.2) is 0 Å². The first-order valence-corrected chi connectivity index (χ1v) is 6.99. The molecular formula is C15H21N3O. The van der Waals surface area contributed by atoms with Gasteiger partial charge in [0.1, 0.15) is 0 Å². The maximum Gasteiger partial charge on any atom is 0.0732 e. The van der Waals surface area contributed by atoms with Crippen molar-refractivity contribution in [2.45, 2.75) is 31.4 Å². The Kier molecular flexibility index (Phi) is 3.53. The Morgan fingerprint density at radius 3 is 3.05 bits per heavy atom. The molecule has 19 heavy (non-hydrogen) atoms. The number of para-hydroxylation sites is 1. The molecule has 4 nitrogen and oxygen atoms in total. The van der Waals surface area contributed by atoms with Crippen molar-refractivity contribution in [3.05, 3.63) is 30.0 Å². The highest BCUT2D eigenvalue weighted by atomic mass is 16.5. The summed E-state index contributed by atoms with van der Waals surface area (Å²) in [7, 11) is 4.02. The van der Waals surface area contributed by atoms with Gasteiger partial charge >= 0.3 is 0 Å². The first-order valence-electron chi connectivity index (χ1n) is 6.99. The number of nitrogens with one attached hydrogen (secondary N) is 1. The fraction of sp³-hybridized carbons (Fsp3) is 0.533. The van der Waals surface area contributed by atoms with Crippen molar-refractivity contribution in [2.75, 3.05) is 13.7 Å². The molecule has 0 aliphatic carbocycles. The number of likely N-dealkylation sites (N-methyl/N-ethyl adjacent to an activating group) is 1. The van der Waals surface area contributed by atoms with Gasteiger partial charge in [-0.3, -0.25) is 4.68 Å². The van der Waals surface area contributed by atoms with Gasteiger partial charge in [0.25, 0.3) is 0 Å². The highest BCUT2D eigenvalue weighted by Gasteiger charge is 2.26. The average molecular weight is 259 g/mol. The van der Waals surface area contributed by atoms with E-state index in [1.165, 1.54) is 17.3 Å². The molecule has 0 bridgehead atoms. The molecule has 1 aromatic heterocycles. The molecule has 4 heteroatoms. The lowest BCUT2D eigenvalue weighted by atomic mass is 10.0. The van der Waals surface area contributed by atoms with Crippen molar-refractivity contribution < 1.29 is 4.74 Å². The van der Waals surface area contributed by atoms with Crippen molar-refractivity contribution in [1.29, 1.82) is 0 Å². The van der Waals surface area contributed by atoms with E-state index in [9.17, 15) is 0 Å². The lowest BCUT2D eigenvalue weighted by Crippen LogP contribution is -2.39. The van der Waals surface area contributed by atoms with Gasteiger partial charge in [-0.2, -0.15) is 5.10 Å². The molecule has 3 rings (SSSR count). The van der Waals surface area contributed by atoms with Gasteiger partial charge in [-0.1, -0.05) is 18.2 Å². The normalized spacial score (nSPS) is 21.1. The minimum absolute atomic E-state index is 0.325. The van der Waals surface area contributed by atoms with Crippen LogP contribution in [0.15, 0.2) is 24.3 Å². The van der Waals surface area contributed by atoms with E-state index in [1.807, 2.05) is 18.8 Å². The van der Waals surface area contributed by atoms with Crippen molar-refractivity contribution in [3.63, 3.8) is 0 Å².